The average Bonchev–Trinajstić information content (AvgIpc) is 2.27. The Morgan fingerprint density at radius 3 is 2.86 bits per heavy atom. The van der Waals surface area contributed by atoms with Crippen LogP contribution in [0.5, 0.6) is 0 Å². The summed E-state index contributed by atoms with van der Waals surface area (Å²) < 4.78 is 0. The fraction of sp³-hybridized carbons (Fsp3) is 0.909. The first kappa shape index (κ1) is 11.5. The third kappa shape index (κ3) is 2.71. The van der Waals surface area contributed by atoms with E-state index in [1.165, 1.54) is 0 Å². The zero-order valence-corrected chi connectivity index (χ0v) is 9.55. The third-order valence-electron chi connectivity index (χ3n) is 3.25. The summed E-state index contributed by atoms with van der Waals surface area (Å²) in [6, 6.07) is 0.365. The molecule has 3 heteroatoms. The summed E-state index contributed by atoms with van der Waals surface area (Å²) in [5.74, 6) is 0.523. The molecule has 0 aromatic carbocycles. The molecule has 3 nitrogen and oxygen atoms in total. The summed E-state index contributed by atoms with van der Waals surface area (Å²) in [6.45, 7) is 6.15. The number of hydrogen-bond acceptors (Lipinski definition) is 2. The predicted molar refractivity (Wildman–Crippen MR) is 58.1 cm³/mol. The number of hydrogen-bond donors (Lipinski definition) is 1. The first-order valence-corrected chi connectivity index (χ1v) is 5.64. The molecule has 1 rings (SSSR count). The van der Waals surface area contributed by atoms with E-state index < -0.39 is 0 Å². The molecule has 1 aliphatic heterocycles. The number of nitrogens with one attached hydrogen (secondary N) is 1. The van der Waals surface area contributed by atoms with Crippen molar-refractivity contribution in [3.8, 4) is 0 Å². The monoisotopic (exact) mass is 198 g/mol. The molecular formula is C11H22N2O. The van der Waals surface area contributed by atoms with E-state index in [1.54, 1.807) is 0 Å². The smallest absolute Gasteiger partial charge is 0.226 e. The van der Waals surface area contributed by atoms with Crippen molar-refractivity contribution in [2.75, 3.05) is 20.1 Å². The normalized spacial score (nSPS) is 24.4. The third-order valence-corrected chi connectivity index (χ3v) is 3.25. The molecule has 1 fully saturated rings. The molecule has 82 valence electrons. The van der Waals surface area contributed by atoms with Gasteiger partial charge in [-0.2, -0.15) is 0 Å². The van der Waals surface area contributed by atoms with Crippen molar-refractivity contribution in [3.63, 3.8) is 0 Å². The average molecular weight is 198 g/mol. The van der Waals surface area contributed by atoms with E-state index in [0.717, 1.165) is 32.4 Å². The van der Waals surface area contributed by atoms with Gasteiger partial charge in [-0.15, -0.1) is 0 Å². The molecular weight excluding hydrogens is 176 g/mol. The second kappa shape index (κ2) is 5.35. The van der Waals surface area contributed by atoms with Crippen LogP contribution < -0.4 is 5.32 Å². The van der Waals surface area contributed by atoms with E-state index in [9.17, 15) is 4.79 Å². The van der Waals surface area contributed by atoms with Gasteiger partial charge in [0.1, 0.15) is 0 Å². The Hall–Kier alpha value is -0.570. The lowest BCUT2D eigenvalue weighted by molar-refractivity contribution is -0.136. The van der Waals surface area contributed by atoms with Crippen LogP contribution in [-0.2, 0) is 4.79 Å². The highest BCUT2D eigenvalue weighted by atomic mass is 16.2. The number of rotatable bonds is 3. The van der Waals surface area contributed by atoms with Crippen molar-refractivity contribution >= 4 is 5.91 Å². The Kier molecular flexibility index (Phi) is 4.39. The van der Waals surface area contributed by atoms with Crippen LogP contribution in [0.25, 0.3) is 0 Å². The molecule has 1 N–H and O–H groups in total. The zero-order chi connectivity index (χ0) is 10.6. The molecule has 0 aromatic rings. The number of carbonyl (C=O) groups excluding carboxylic acids is 1. The van der Waals surface area contributed by atoms with Crippen molar-refractivity contribution < 1.29 is 4.79 Å². The van der Waals surface area contributed by atoms with Gasteiger partial charge in [0.25, 0.3) is 0 Å². The molecule has 0 radical (unpaired) electrons. The van der Waals surface area contributed by atoms with Gasteiger partial charge in [0, 0.05) is 19.6 Å². The fourth-order valence-electron chi connectivity index (χ4n) is 1.84. The minimum Gasteiger partial charge on any atom is -0.343 e. The second-order valence-corrected chi connectivity index (χ2v) is 4.25. The van der Waals surface area contributed by atoms with Crippen LogP contribution in [0, 0.1) is 5.92 Å². The van der Waals surface area contributed by atoms with Gasteiger partial charge in [-0.1, -0.05) is 6.92 Å². The van der Waals surface area contributed by atoms with Gasteiger partial charge in [-0.3, -0.25) is 4.79 Å². The van der Waals surface area contributed by atoms with Crippen LogP contribution >= 0.6 is 0 Å². The molecule has 1 heterocycles. The summed E-state index contributed by atoms with van der Waals surface area (Å²) in [5, 5.41) is 3.28. The lowest BCUT2D eigenvalue weighted by atomic mass is 9.97. The van der Waals surface area contributed by atoms with Gasteiger partial charge < -0.3 is 10.2 Å². The molecule has 0 aliphatic carbocycles. The Morgan fingerprint density at radius 1 is 1.64 bits per heavy atom. The highest BCUT2D eigenvalue weighted by Crippen LogP contribution is 2.14. The summed E-state index contributed by atoms with van der Waals surface area (Å²) in [4.78, 5) is 13.9. The van der Waals surface area contributed by atoms with E-state index in [2.05, 4.69) is 19.2 Å². The standard InChI is InChI=1S/C11H22N2O/c1-4-9(2)13(3)11(14)10-6-5-7-12-8-10/h9-10,12H,4-8H2,1-3H3. The topological polar surface area (TPSA) is 32.3 Å². The molecule has 2 unspecified atom stereocenters. The maximum Gasteiger partial charge on any atom is 0.226 e. The minimum absolute atomic E-state index is 0.211. The van der Waals surface area contributed by atoms with Crippen LogP contribution in [0.15, 0.2) is 0 Å². The van der Waals surface area contributed by atoms with Crippen LogP contribution in [0.3, 0.4) is 0 Å². The van der Waals surface area contributed by atoms with Gasteiger partial charge in [-0.25, -0.2) is 0 Å². The zero-order valence-electron chi connectivity index (χ0n) is 9.55. The largest absolute Gasteiger partial charge is 0.343 e. The number of carbonyl (C=O) groups is 1. The van der Waals surface area contributed by atoms with E-state index in [-0.39, 0.29) is 5.92 Å². The van der Waals surface area contributed by atoms with E-state index in [4.69, 9.17) is 0 Å². The Bertz CT molecular complexity index is 184. The lowest BCUT2D eigenvalue weighted by Gasteiger charge is -2.30. The Balaban J connectivity index is 2.46. The van der Waals surface area contributed by atoms with Crippen molar-refractivity contribution in [1.82, 2.24) is 10.2 Å². The van der Waals surface area contributed by atoms with E-state index in [0.29, 0.717) is 11.9 Å². The van der Waals surface area contributed by atoms with Crippen molar-refractivity contribution in [1.29, 1.82) is 0 Å². The maximum absolute atomic E-state index is 12.0. The molecule has 1 amide bonds. The van der Waals surface area contributed by atoms with E-state index >= 15 is 0 Å². The summed E-state index contributed by atoms with van der Waals surface area (Å²) >= 11 is 0. The highest BCUT2D eigenvalue weighted by molar-refractivity contribution is 5.79. The predicted octanol–water partition coefficient (Wildman–Crippen LogP) is 1.24. The van der Waals surface area contributed by atoms with Crippen LogP contribution in [0.2, 0.25) is 0 Å². The van der Waals surface area contributed by atoms with Gasteiger partial charge in [0.05, 0.1) is 5.92 Å². The summed E-state index contributed by atoms with van der Waals surface area (Å²) in [7, 11) is 1.92. The first-order chi connectivity index (χ1) is 6.66. The first-order valence-electron chi connectivity index (χ1n) is 5.64. The van der Waals surface area contributed by atoms with Crippen molar-refractivity contribution in [2.24, 2.45) is 5.92 Å². The van der Waals surface area contributed by atoms with Gasteiger partial charge >= 0.3 is 0 Å². The molecule has 0 bridgehead atoms. The number of nitrogens with zero attached hydrogens (tertiary/aromatic N) is 1. The Labute approximate surface area is 86.9 Å². The fourth-order valence-corrected chi connectivity index (χ4v) is 1.84. The summed E-state index contributed by atoms with van der Waals surface area (Å²) in [6.07, 6.45) is 3.21. The van der Waals surface area contributed by atoms with Gasteiger partial charge in [0.2, 0.25) is 5.91 Å². The van der Waals surface area contributed by atoms with E-state index in [1.807, 2.05) is 11.9 Å². The quantitative estimate of drug-likeness (QED) is 0.740. The SMILES string of the molecule is CCC(C)N(C)C(=O)C1CCCNC1. The molecule has 0 aromatic heterocycles. The number of piperidine rings is 1. The van der Waals surface area contributed by atoms with Crippen molar-refractivity contribution in [3.05, 3.63) is 0 Å². The maximum atomic E-state index is 12.0. The summed E-state index contributed by atoms with van der Waals surface area (Å²) in [5.41, 5.74) is 0. The Morgan fingerprint density at radius 2 is 2.36 bits per heavy atom. The number of amides is 1. The minimum atomic E-state index is 0.211. The van der Waals surface area contributed by atoms with Crippen LogP contribution in [-0.4, -0.2) is 37.0 Å². The second-order valence-electron chi connectivity index (χ2n) is 4.25. The molecule has 1 aliphatic rings. The van der Waals surface area contributed by atoms with Crippen LogP contribution in [0.1, 0.15) is 33.1 Å². The molecule has 0 saturated carbocycles. The van der Waals surface area contributed by atoms with Gasteiger partial charge in [-0.05, 0) is 32.7 Å². The van der Waals surface area contributed by atoms with Crippen molar-refractivity contribution in [2.45, 2.75) is 39.2 Å². The highest BCUT2D eigenvalue weighted by Gasteiger charge is 2.25. The molecule has 0 spiro atoms. The molecule has 1 saturated heterocycles. The lowest BCUT2D eigenvalue weighted by Crippen LogP contribution is -2.44. The van der Waals surface area contributed by atoms with Crippen LogP contribution in [0.4, 0.5) is 0 Å². The molecule has 14 heavy (non-hydrogen) atoms. The molecule has 2 atom stereocenters. The van der Waals surface area contributed by atoms with Gasteiger partial charge in [0.15, 0.2) is 0 Å².